The van der Waals surface area contributed by atoms with Crippen molar-refractivity contribution in [1.29, 1.82) is 0 Å². The molecule has 0 radical (unpaired) electrons. The Labute approximate surface area is 182 Å². The van der Waals surface area contributed by atoms with Crippen LogP contribution in [0.15, 0.2) is 42.7 Å². The molecule has 2 saturated heterocycles. The molecule has 1 aromatic heterocycles. The maximum atomic E-state index is 13.1. The van der Waals surface area contributed by atoms with Crippen LogP contribution < -0.4 is 4.90 Å². The van der Waals surface area contributed by atoms with E-state index in [1.807, 2.05) is 35.5 Å². The lowest BCUT2D eigenvalue weighted by molar-refractivity contribution is 0.0515. The Morgan fingerprint density at radius 1 is 0.839 bits per heavy atom. The molecule has 3 aliphatic heterocycles. The van der Waals surface area contributed by atoms with E-state index in [0.29, 0.717) is 24.1 Å². The molecule has 7 heteroatoms. The predicted octanol–water partition coefficient (Wildman–Crippen LogP) is 3.60. The fourth-order valence-electron chi connectivity index (χ4n) is 5.32. The Bertz CT molecular complexity index is 976. The number of piperidine rings is 2. The van der Waals surface area contributed by atoms with Crippen molar-refractivity contribution in [3.63, 3.8) is 0 Å². The first-order valence-corrected chi connectivity index (χ1v) is 11.1. The number of amides is 2. The van der Waals surface area contributed by atoms with Crippen LogP contribution in [0.1, 0.15) is 47.2 Å². The number of pyridine rings is 1. The van der Waals surface area contributed by atoms with Crippen LogP contribution in [0.3, 0.4) is 0 Å². The molecule has 2 aromatic rings. The molecule has 0 aliphatic carbocycles. The zero-order valence-corrected chi connectivity index (χ0v) is 17.7. The van der Waals surface area contributed by atoms with Gasteiger partial charge in [-0.15, -0.1) is 0 Å². The molecule has 4 heterocycles. The number of hydrogen-bond donors (Lipinski definition) is 1. The van der Waals surface area contributed by atoms with Crippen LogP contribution in [0.4, 0.5) is 10.5 Å². The maximum absolute atomic E-state index is 13.1. The van der Waals surface area contributed by atoms with E-state index in [-0.39, 0.29) is 5.91 Å². The second kappa shape index (κ2) is 7.87. The summed E-state index contributed by atoms with van der Waals surface area (Å²) in [5.41, 5.74) is 4.22. The van der Waals surface area contributed by atoms with Crippen molar-refractivity contribution in [1.82, 2.24) is 14.8 Å². The number of aromatic nitrogens is 1. The summed E-state index contributed by atoms with van der Waals surface area (Å²) in [5.74, 6) is 0.0700. The van der Waals surface area contributed by atoms with Crippen LogP contribution in [0, 0.1) is 5.41 Å². The molecular weight excluding hydrogens is 392 g/mol. The quantitative estimate of drug-likeness (QED) is 0.803. The highest BCUT2D eigenvalue weighted by atomic mass is 16.4. The molecule has 1 spiro atoms. The van der Waals surface area contributed by atoms with Gasteiger partial charge < -0.3 is 14.9 Å². The summed E-state index contributed by atoms with van der Waals surface area (Å²) in [6.45, 7) is 4.48. The lowest BCUT2D eigenvalue weighted by Gasteiger charge is -2.47. The van der Waals surface area contributed by atoms with Gasteiger partial charge in [-0.25, -0.2) is 4.79 Å². The van der Waals surface area contributed by atoms with Gasteiger partial charge in [0.05, 0.1) is 0 Å². The highest BCUT2D eigenvalue weighted by Gasteiger charge is 2.39. The Balaban J connectivity index is 1.18. The van der Waals surface area contributed by atoms with Crippen LogP contribution in [0.2, 0.25) is 0 Å². The van der Waals surface area contributed by atoms with Crippen molar-refractivity contribution in [3.05, 3.63) is 59.4 Å². The van der Waals surface area contributed by atoms with Gasteiger partial charge in [0.15, 0.2) is 0 Å². The summed E-state index contributed by atoms with van der Waals surface area (Å²) in [7, 11) is 0. The molecule has 0 bridgehead atoms. The molecule has 162 valence electrons. The molecule has 0 unspecified atom stereocenters. The average Bonchev–Trinajstić information content (AvgIpc) is 3.24. The summed E-state index contributed by atoms with van der Waals surface area (Å²) < 4.78 is 0. The number of rotatable bonds is 2. The number of carbonyl (C=O) groups excluding carboxylic acids is 1. The molecule has 7 nitrogen and oxygen atoms in total. The standard InChI is InChI=1S/C24H28N4O3/c29-22(18-1-2-19-16-28(23(30)31)17-20(19)15-18)27-13-7-24(8-14-27)5-11-26(12-6-24)21-3-9-25-10-4-21/h1-4,9-10,15H,5-8,11-14,16-17H2,(H,30,31). The summed E-state index contributed by atoms with van der Waals surface area (Å²) in [6, 6.07) is 9.80. The van der Waals surface area contributed by atoms with Gasteiger partial charge >= 0.3 is 6.09 Å². The van der Waals surface area contributed by atoms with Gasteiger partial charge in [0.2, 0.25) is 0 Å². The second-order valence-electron chi connectivity index (χ2n) is 9.11. The zero-order chi connectivity index (χ0) is 21.4. The average molecular weight is 421 g/mol. The van der Waals surface area contributed by atoms with Crippen LogP contribution in [0.5, 0.6) is 0 Å². The van der Waals surface area contributed by atoms with Crippen LogP contribution in [0.25, 0.3) is 0 Å². The van der Waals surface area contributed by atoms with Gasteiger partial charge in [-0.05, 0) is 66.5 Å². The Kier molecular flexibility index (Phi) is 5.04. The van der Waals surface area contributed by atoms with E-state index in [0.717, 1.165) is 50.1 Å². The maximum Gasteiger partial charge on any atom is 0.407 e. The molecule has 3 aliphatic rings. The Morgan fingerprint density at radius 2 is 1.48 bits per heavy atom. The number of fused-ring (bicyclic) bond motifs is 1. The molecule has 5 rings (SSSR count). The minimum Gasteiger partial charge on any atom is -0.465 e. The molecule has 2 fully saturated rings. The Hall–Kier alpha value is -3.09. The van der Waals surface area contributed by atoms with Gasteiger partial charge in [0.25, 0.3) is 5.91 Å². The van der Waals surface area contributed by atoms with Gasteiger partial charge in [-0.3, -0.25) is 14.7 Å². The SMILES string of the molecule is O=C(O)N1Cc2ccc(C(=O)N3CCC4(CC3)CCN(c3ccncc3)CC4)cc2C1. The number of hydrogen-bond acceptors (Lipinski definition) is 4. The lowest BCUT2D eigenvalue weighted by atomic mass is 9.71. The van der Waals surface area contributed by atoms with Crippen molar-refractivity contribution < 1.29 is 14.7 Å². The van der Waals surface area contributed by atoms with Gasteiger partial charge in [-0.2, -0.15) is 0 Å². The van der Waals surface area contributed by atoms with Gasteiger partial charge in [0.1, 0.15) is 0 Å². The first-order valence-electron chi connectivity index (χ1n) is 11.1. The molecule has 1 aromatic carbocycles. The zero-order valence-electron chi connectivity index (χ0n) is 17.7. The third kappa shape index (κ3) is 3.84. The molecule has 1 N–H and O–H groups in total. The first-order chi connectivity index (χ1) is 15.0. The highest BCUT2D eigenvalue weighted by Crippen LogP contribution is 2.42. The van der Waals surface area contributed by atoms with E-state index >= 15 is 0 Å². The number of benzene rings is 1. The van der Waals surface area contributed by atoms with Gasteiger partial charge in [0, 0.05) is 62.9 Å². The lowest BCUT2D eigenvalue weighted by Crippen LogP contribution is -2.48. The Morgan fingerprint density at radius 3 is 2.16 bits per heavy atom. The molecule has 0 atom stereocenters. The van der Waals surface area contributed by atoms with E-state index in [1.54, 1.807) is 0 Å². The van der Waals surface area contributed by atoms with E-state index < -0.39 is 6.09 Å². The van der Waals surface area contributed by atoms with Crippen molar-refractivity contribution >= 4 is 17.7 Å². The molecule has 0 saturated carbocycles. The molecular formula is C24H28N4O3. The fourth-order valence-corrected chi connectivity index (χ4v) is 5.32. The number of anilines is 1. The predicted molar refractivity (Wildman–Crippen MR) is 117 cm³/mol. The second-order valence-corrected chi connectivity index (χ2v) is 9.11. The highest BCUT2D eigenvalue weighted by molar-refractivity contribution is 5.94. The summed E-state index contributed by atoms with van der Waals surface area (Å²) in [4.78, 5) is 34.2. The topological polar surface area (TPSA) is 77.0 Å². The van der Waals surface area contributed by atoms with E-state index in [2.05, 4.69) is 22.0 Å². The largest absolute Gasteiger partial charge is 0.465 e. The number of carbonyl (C=O) groups is 2. The van der Waals surface area contributed by atoms with Crippen LogP contribution in [-0.2, 0) is 13.1 Å². The smallest absolute Gasteiger partial charge is 0.407 e. The summed E-state index contributed by atoms with van der Waals surface area (Å²) >= 11 is 0. The van der Waals surface area contributed by atoms with Crippen LogP contribution >= 0.6 is 0 Å². The third-order valence-corrected chi connectivity index (χ3v) is 7.41. The number of nitrogens with zero attached hydrogens (tertiary/aromatic N) is 4. The van der Waals surface area contributed by atoms with Gasteiger partial charge in [-0.1, -0.05) is 6.07 Å². The summed E-state index contributed by atoms with van der Waals surface area (Å²) in [5, 5.41) is 9.21. The van der Waals surface area contributed by atoms with E-state index in [1.165, 1.54) is 23.4 Å². The van der Waals surface area contributed by atoms with Crippen LogP contribution in [-0.4, -0.2) is 58.1 Å². The minimum atomic E-state index is -0.916. The summed E-state index contributed by atoms with van der Waals surface area (Å²) in [6.07, 6.45) is 7.23. The molecule has 31 heavy (non-hydrogen) atoms. The monoisotopic (exact) mass is 420 g/mol. The number of likely N-dealkylation sites (tertiary alicyclic amines) is 1. The number of carboxylic acid groups (broad SMARTS) is 1. The molecule has 2 amide bonds. The van der Waals surface area contributed by atoms with Crippen molar-refractivity contribution in [2.75, 3.05) is 31.1 Å². The minimum absolute atomic E-state index is 0.0700. The van der Waals surface area contributed by atoms with Crippen molar-refractivity contribution in [2.24, 2.45) is 5.41 Å². The van der Waals surface area contributed by atoms with Crippen molar-refractivity contribution in [3.8, 4) is 0 Å². The van der Waals surface area contributed by atoms with E-state index in [4.69, 9.17) is 0 Å². The van der Waals surface area contributed by atoms with Crippen molar-refractivity contribution in [2.45, 2.75) is 38.8 Å². The first kappa shape index (κ1) is 19.8. The normalized spacial score (nSPS) is 20.1. The van der Waals surface area contributed by atoms with E-state index in [9.17, 15) is 14.7 Å². The third-order valence-electron chi connectivity index (χ3n) is 7.41. The fraction of sp³-hybridized carbons (Fsp3) is 0.458.